The van der Waals surface area contributed by atoms with E-state index in [1.165, 1.54) is 16.2 Å². The summed E-state index contributed by atoms with van der Waals surface area (Å²) in [5.74, 6) is -0.0422. The number of carbonyl (C=O) groups is 1. The van der Waals surface area contributed by atoms with Gasteiger partial charge in [0.15, 0.2) is 0 Å². The quantitative estimate of drug-likeness (QED) is 0.834. The van der Waals surface area contributed by atoms with Gasteiger partial charge in [-0.25, -0.2) is 0 Å². The molecule has 0 aliphatic rings. The summed E-state index contributed by atoms with van der Waals surface area (Å²) in [6, 6.07) is 9.47. The lowest BCUT2D eigenvalue weighted by Gasteiger charge is -2.06. The number of aryl methyl sites for hydroxylation is 2. The standard InChI is InChI=1S/C14H16N2OS/c1-9-7-13(18-10(9)2)14(17)16-8-11-5-3-4-6-12(11)15/h3-7H,8,15H2,1-2H3,(H,16,17). The Hall–Kier alpha value is -1.81. The highest BCUT2D eigenvalue weighted by molar-refractivity contribution is 7.14. The fourth-order valence-electron chi connectivity index (χ4n) is 1.64. The molecular weight excluding hydrogens is 244 g/mol. The summed E-state index contributed by atoms with van der Waals surface area (Å²) in [5.41, 5.74) is 8.63. The third-order valence-corrected chi connectivity index (χ3v) is 4.04. The molecule has 1 amide bonds. The molecule has 2 rings (SSSR count). The molecule has 0 fully saturated rings. The second-order valence-electron chi connectivity index (χ2n) is 4.23. The number of para-hydroxylation sites is 1. The van der Waals surface area contributed by atoms with Crippen molar-refractivity contribution in [3.8, 4) is 0 Å². The number of benzene rings is 1. The molecule has 0 aliphatic heterocycles. The summed E-state index contributed by atoms with van der Waals surface area (Å²) in [5, 5.41) is 2.89. The summed E-state index contributed by atoms with van der Waals surface area (Å²) in [4.78, 5) is 13.9. The Labute approximate surface area is 111 Å². The molecule has 94 valence electrons. The average molecular weight is 260 g/mol. The second kappa shape index (κ2) is 5.23. The van der Waals surface area contributed by atoms with Gasteiger partial charge in [-0.1, -0.05) is 18.2 Å². The van der Waals surface area contributed by atoms with E-state index < -0.39 is 0 Å². The molecule has 18 heavy (non-hydrogen) atoms. The average Bonchev–Trinajstić information content (AvgIpc) is 2.68. The Morgan fingerprint density at radius 1 is 1.33 bits per heavy atom. The zero-order valence-corrected chi connectivity index (χ0v) is 11.3. The van der Waals surface area contributed by atoms with E-state index in [9.17, 15) is 4.79 Å². The molecular formula is C14H16N2OS. The number of anilines is 1. The van der Waals surface area contributed by atoms with Gasteiger partial charge in [0.1, 0.15) is 0 Å². The Morgan fingerprint density at radius 3 is 2.67 bits per heavy atom. The van der Waals surface area contributed by atoms with E-state index in [4.69, 9.17) is 5.73 Å². The number of thiophene rings is 1. The van der Waals surface area contributed by atoms with Gasteiger partial charge >= 0.3 is 0 Å². The molecule has 0 spiro atoms. The van der Waals surface area contributed by atoms with Crippen molar-refractivity contribution in [1.82, 2.24) is 5.32 Å². The molecule has 4 heteroatoms. The summed E-state index contributed by atoms with van der Waals surface area (Å²) < 4.78 is 0. The minimum Gasteiger partial charge on any atom is -0.398 e. The molecule has 0 atom stereocenters. The molecule has 0 saturated heterocycles. The number of amides is 1. The topological polar surface area (TPSA) is 55.1 Å². The van der Waals surface area contributed by atoms with Crippen LogP contribution in [0.25, 0.3) is 0 Å². The van der Waals surface area contributed by atoms with Crippen molar-refractivity contribution >= 4 is 22.9 Å². The van der Waals surface area contributed by atoms with Crippen molar-refractivity contribution in [2.75, 3.05) is 5.73 Å². The van der Waals surface area contributed by atoms with E-state index in [2.05, 4.69) is 5.32 Å². The molecule has 3 N–H and O–H groups in total. The van der Waals surface area contributed by atoms with Gasteiger partial charge in [-0.2, -0.15) is 0 Å². The van der Waals surface area contributed by atoms with Gasteiger partial charge in [0.2, 0.25) is 0 Å². The number of hydrogen-bond acceptors (Lipinski definition) is 3. The van der Waals surface area contributed by atoms with E-state index in [0.717, 1.165) is 16.0 Å². The van der Waals surface area contributed by atoms with Crippen LogP contribution in [0, 0.1) is 13.8 Å². The van der Waals surface area contributed by atoms with Gasteiger partial charge in [-0.05, 0) is 37.1 Å². The predicted molar refractivity (Wildman–Crippen MR) is 75.8 cm³/mol. The van der Waals surface area contributed by atoms with Crippen molar-refractivity contribution in [3.05, 3.63) is 51.2 Å². The van der Waals surface area contributed by atoms with Gasteiger partial charge in [-0.3, -0.25) is 4.79 Å². The number of nitrogen functional groups attached to an aromatic ring is 1. The summed E-state index contributed by atoms with van der Waals surface area (Å²) in [6.45, 7) is 4.49. The van der Waals surface area contributed by atoms with Crippen molar-refractivity contribution in [1.29, 1.82) is 0 Å². The first kappa shape index (κ1) is 12.6. The lowest BCUT2D eigenvalue weighted by Crippen LogP contribution is -2.22. The van der Waals surface area contributed by atoms with E-state index in [-0.39, 0.29) is 5.91 Å². The minimum absolute atomic E-state index is 0.0422. The summed E-state index contributed by atoms with van der Waals surface area (Å²) >= 11 is 1.52. The maximum Gasteiger partial charge on any atom is 0.261 e. The normalized spacial score (nSPS) is 10.3. The van der Waals surface area contributed by atoms with Crippen LogP contribution < -0.4 is 11.1 Å². The molecule has 0 saturated carbocycles. The Morgan fingerprint density at radius 2 is 2.06 bits per heavy atom. The molecule has 0 bridgehead atoms. The molecule has 1 aromatic carbocycles. The first-order valence-corrected chi connectivity index (χ1v) is 6.58. The van der Waals surface area contributed by atoms with Crippen LogP contribution in [0.1, 0.15) is 25.7 Å². The number of rotatable bonds is 3. The van der Waals surface area contributed by atoms with Crippen LogP contribution in [-0.4, -0.2) is 5.91 Å². The van der Waals surface area contributed by atoms with Crippen LogP contribution in [0.15, 0.2) is 30.3 Å². The van der Waals surface area contributed by atoms with Crippen molar-refractivity contribution in [2.45, 2.75) is 20.4 Å². The zero-order valence-electron chi connectivity index (χ0n) is 10.5. The Bertz CT molecular complexity index is 555. The van der Waals surface area contributed by atoms with E-state index in [0.29, 0.717) is 12.2 Å². The molecule has 2 aromatic rings. The largest absolute Gasteiger partial charge is 0.398 e. The van der Waals surface area contributed by atoms with E-state index >= 15 is 0 Å². The molecule has 1 heterocycles. The van der Waals surface area contributed by atoms with Gasteiger partial charge in [0, 0.05) is 17.1 Å². The van der Waals surface area contributed by atoms with E-state index in [1.807, 2.05) is 44.2 Å². The Balaban J connectivity index is 2.03. The van der Waals surface area contributed by atoms with Crippen molar-refractivity contribution < 1.29 is 4.79 Å². The number of hydrogen-bond donors (Lipinski definition) is 2. The lowest BCUT2D eigenvalue weighted by molar-refractivity contribution is 0.0955. The molecule has 0 aliphatic carbocycles. The van der Waals surface area contributed by atoms with E-state index in [1.54, 1.807) is 0 Å². The highest BCUT2D eigenvalue weighted by Crippen LogP contribution is 2.20. The van der Waals surface area contributed by atoms with Gasteiger partial charge < -0.3 is 11.1 Å². The fourth-order valence-corrected chi connectivity index (χ4v) is 2.59. The second-order valence-corrected chi connectivity index (χ2v) is 5.49. The Kier molecular flexibility index (Phi) is 3.67. The van der Waals surface area contributed by atoms with Gasteiger partial charge in [0.25, 0.3) is 5.91 Å². The molecule has 1 aromatic heterocycles. The van der Waals surface area contributed by atoms with Crippen LogP contribution in [0.4, 0.5) is 5.69 Å². The van der Waals surface area contributed by atoms with Gasteiger partial charge in [-0.15, -0.1) is 11.3 Å². The highest BCUT2D eigenvalue weighted by atomic mass is 32.1. The minimum atomic E-state index is -0.0422. The molecule has 3 nitrogen and oxygen atoms in total. The maximum absolute atomic E-state index is 12.0. The molecule has 0 radical (unpaired) electrons. The van der Waals surface area contributed by atoms with Crippen molar-refractivity contribution in [2.24, 2.45) is 0 Å². The van der Waals surface area contributed by atoms with Crippen molar-refractivity contribution in [3.63, 3.8) is 0 Å². The van der Waals surface area contributed by atoms with Crippen LogP contribution in [0.5, 0.6) is 0 Å². The highest BCUT2D eigenvalue weighted by Gasteiger charge is 2.10. The number of carbonyl (C=O) groups excluding carboxylic acids is 1. The third kappa shape index (κ3) is 2.71. The maximum atomic E-state index is 12.0. The lowest BCUT2D eigenvalue weighted by atomic mass is 10.2. The van der Waals surface area contributed by atoms with Crippen LogP contribution in [0.3, 0.4) is 0 Å². The molecule has 0 unspecified atom stereocenters. The first-order chi connectivity index (χ1) is 8.58. The predicted octanol–water partition coefficient (Wildman–Crippen LogP) is 2.88. The number of nitrogens with two attached hydrogens (primary N) is 1. The smallest absolute Gasteiger partial charge is 0.261 e. The van der Waals surface area contributed by atoms with Crippen LogP contribution >= 0.6 is 11.3 Å². The number of nitrogens with one attached hydrogen (secondary N) is 1. The third-order valence-electron chi connectivity index (χ3n) is 2.88. The first-order valence-electron chi connectivity index (χ1n) is 5.76. The van der Waals surface area contributed by atoms with Crippen LogP contribution in [-0.2, 0) is 6.54 Å². The van der Waals surface area contributed by atoms with Gasteiger partial charge in [0.05, 0.1) is 4.88 Å². The van der Waals surface area contributed by atoms with Crippen LogP contribution in [0.2, 0.25) is 0 Å². The monoisotopic (exact) mass is 260 g/mol. The fraction of sp³-hybridized carbons (Fsp3) is 0.214. The SMILES string of the molecule is Cc1cc(C(=O)NCc2ccccc2N)sc1C. The summed E-state index contributed by atoms with van der Waals surface area (Å²) in [6.07, 6.45) is 0. The summed E-state index contributed by atoms with van der Waals surface area (Å²) in [7, 11) is 0. The zero-order chi connectivity index (χ0) is 13.1.